The van der Waals surface area contributed by atoms with Gasteiger partial charge in [-0.05, 0) is 38.1 Å². The first-order valence-electron chi connectivity index (χ1n) is 9.47. The molecular formula is C20H20ClFN6O3. The molecule has 0 spiro atoms. The monoisotopic (exact) mass is 446 g/mol. The molecule has 2 aromatic heterocycles. The summed E-state index contributed by atoms with van der Waals surface area (Å²) in [6.07, 6.45) is 1.29. The second-order valence-corrected chi connectivity index (χ2v) is 8.08. The number of fused-ring (bicyclic) bond motifs is 1. The molecule has 0 radical (unpaired) electrons. The van der Waals surface area contributed by atoms with E-state index in [0.29, 0.717) is 21.8 Å². The van der Waals surface area contributed by atoms with Crippen LogP contribution in [0.2, 0.25) is 5.02 Å². The molecule has 1 saturated heterocycles. The number of nitrogens with two attached hydrogens (primary N) is 1. The Hall–Kier alpha value is -3.24. The molecule has 1 fully saturated rings. The SMILES string of the molecule is CC1(C)C(=O)N(c2cc(-c3cc(Cl)c4c(N)ncnn34)ccc2F)CCN1C(=O)CO. The van der Waals surface area contributed by atoms with Gasteiger partial charge < -0.3 is 20.6 Å². The summed E-state index contributed by atoms with van der Waals surface area (Å²) in [6, 6.07) is 5.98. The summed E-state index contributed by atoms with van der Waals surface area (Å²) in [7, 11) is 0. The lowest BCUT2D eigenvalue weighted by Crippen LogP contribution is -2.65. The minimum Gasteiger partial charge on any atom is -0.387 e. The maximum Gasteiger partial charge on any atom is 0.252 e. The molecule has 1 aromatic carbocycles. The molecule has 11 heteroatoms. The molecule has 1 aliphatic rings. The van der Waals surface area contributed by atoms with E-state index in [9.17, 15) is 19.1 Å². The van der Waals surface area contributed by atoms with Gasteiger partial charge in [-0.15, -0.1) is 0 Å². The topological polar surface area (TPSA) is 117 Å². The number of nitrogen functional groups attached to an aromatic ring is 1. The second-order valence-electron chi connectivity index (χ2n) is 7.67. The van der Waals surface area contributed by atoms with Gasteiger partial charge >= 0.3 is 0 Å². The summed E-state index contributed by atoms with van der Waals surface area (Å²) in [4.78, 5) is 31.7. The van der Waals surface area contributed by atoms with Crippen LogP contribution in [0.1, 0.15) is 13.8 Å². The third-order valence-corrected chi connectivity index (χ3v) is 5.78. The largest absolute Gasteiger partial charge is 0.387 e. The minimum absolute atomic E-state index is 0.0692. The molecule has 162 valence electrons. The van der Waals surface area contributed by atoms with Gasteiger partial charge in [0, 0.05) is 18.7 Å². The van der Waals surface area contributed by atoms with Crippen molar-refractivity contribution in [3.8, 4) is 11.3 Å². The van der Waals surface area contributed by atoms with E-state index in [4.69, 9.17) is 17.3 Å². The van der Waals surface area contributed by atoms with Crippen LogP contribution >= 0.6 is 11.6 Å². The van der Waals surface area contributed by atoms with Crippen LogP contribution < -0.4 is 10.6 Å². The van der Waals surface area contributed by atoms with E-state index >= 15 is 0 Å². The van der Waals surface area contributed by atoms with Crippen LogP contribution in [0.25, 0.3) is 16.8 Å². The number of hydrogen-bond donors (Lipinski definition) is 2. The number of anilines is 2. The fraction of sp³-hybridized carbons (Fsp3) is 0.300. The molecule has 0 atom stereocenters. The minimum atomic E-state index is -1.24. The van der Waals surface area contributed by atoms with Gasteiger partial charge in [-0.1, -0.05) is 11.6 Å². The van der Waals surface area contributed by atoms with Gasteiger partial charge in [-0.2, -0.15) is 5.10 Å². The number of rotatable bonds is 3. The molecule has 2 amide bonds. The van der Waals surface area contributed by atoms with Crippen LogP contribution in [-0.4, -0.2) is 61.7 Å². The van der Waals surface area contributed by atoms with E-state index in [1.165, 1.54) is 32.8 Å². The first kappa shape index (κ1) is 21.0. The second kappa shape index (κ2) is 7.47. The van der Waals surface area contributed by atoms with Crippen molar-refractivity contribution in [2.75, 3.05) is 30.3 Å². The van der Waals surface area contributed by atoms with Crippen LogP contribution in [0.5, 0.6) is 0 Å². The van der Waals surface area contributed by atoms with Gasteiger partial charge in [0.15, 0.2) is 5.82 Å². The van der Waals surface area contributed by atoms with Crippen molar-refractivity contribution in [2.45, 2.75) is 19.4 Å². The zero-order valence-electron chi connectivity index (χ0n) is 16.8. The fourth-order valence-electron chi connectivity index (χ4n) is 3.89. The highest BCUT2D eigenvalue weighted by Gasteiger charge is 2.45. The first-order valence-corrected chi connectivity index (χ1v) is 9.85. The molecule has 0 aliphatic carbocycles. The summed E-state index contributed by atoms with van der Waals surface area (Å²) in [6.45, 7) is 2.67. The standard InChI is InChI=1S/C20H20ClFN6O3/c1-20(2)19(31)26(5-6-27(20)16(30)9-29)15-7-11(3-4-13(15)22)14-8-12(21)17-18(23)24-10-25-28(14)17/h3-4,7-8,10,29H,5-6,9H2,1-2H3,(H2,23,24,25). The quantitative estimate of drug-likeness (QED) is 0.632. The molecule has 4 rings (SSSR count). The van der Waals surface area contributed by atoms with Crippen molar-refractivity contribution in [2.24, 2.45) is 0 Å². The predicted octanol–water partition coefficient (Wildman–Crippen LogP) is 1.72. The van der Waals surface area contributed by atoms with Crippen molar-refractivity contribution in [1.82, 2.24) is 19.5 Å². The van der Waals surface area contributed by atoms with Crippen LogP contribution in [-0.2, 0) is 9.59 Å². The number of amides is 2. The number of nitrogens with zero attached hydrogens (tertiary/aromatic N) is 5. The Kier molecular flexibility index (Phi) is 5.06. The van der Waals surface area contributed by atoms with Crippen molar-refractivity contribution >= 4 is 40.4 Å². The predicted molar refractivity (Wildman–Crippen MR) is 113 cm³/mol. The maximum atomic E-state index is 14.8. The molecule has 1 aliphatic heterocycles. The zero-order valence-corrected chi connectivity index (χ0v) is 17.6. The molecule has 3 aromatic rings. The Balaban J connectivity index is 1.78. The average molecular weight is 447 g/mol. The molecule has 0 saturated carbocycles. The molecule has 3 heterocycles. The Morgan fingerprint density at radius 2 is 2.06 bits per heavy atom. The zero-order chi connectivity index (χ0) is 22.5. The van der Waals surface area contributed by atoms with E-state index in [1.54, 1.807) is 26.0 Å². The average Bonchev–Trinajstić information content (AvgIpc) is 3.08. The first-order chi connectivity index (χ1) is 14.7. The summed E-state index contributed by atoms with van der Waals surface area (Å²) in [5, 5.41) is 13.7. The van der Waals surface area contributed by atoms with E-state index in [0.717, 1.165) is 0 Å². The maximum absolute atomic E-state index is 14.8. The molecule has 3 N–H and O–H groups in total. The Morgan fingerprint density at radius 3 is 2.77 bits per heavy atom. The van der Waals surface area contributed by atoms with E-state index < -0.39 is 29.8 Å². The Bertz CT molecular complexity index is 1210. The third-order valence-electron chi connectivity index (χ3n) is 5.50. The number of halogens is 2. The van der Waals surface area contributed by atoms with Gasteiger partial charge in [0.2, 0.25) is 5.91 Å². The molecule has 9 nitrogen and oxygen atoms in total. The third kappa shape index (κ3) is 3.28. The lowest BCUT2D eigenvalue weighted by Gasteiger charge is -2.45. The van der Waals surface area contributed by atoms with E-state index in [-0.39, 0.29) is 24.6 Å². The van der Waals surface area contributed by atoms with Gasteiger partial charge in [0.1, 0.15) is 29.8 Å². The summed E-state index contributed by atoms with van der Waals surface area (Å²) in [5.41, 5.74) is 6.27. The smallest absolute Gasteiger partial charge is 0.252 e. The van der Waals surface area contributed by atoms with Crippen molar-refractivity contribution < 1.29 is 19.1 Å². The number of piperazine rings is 1. The number of hydrogen-bond acceptors (Lipinski definition) is 6. The number of carbonyl (C=O) groups excluding carboxylic acids is 2. The number of aromatic nitrogens is 3. The van der Waals surface area contributed by atoms with Gasteiger partial charge in [-0.3, -0.25) is 9.59 Å². The van der Waals surface area contributed by atoms with Crippen LogP contribution in [0, 0.1) is 5.82 Å². The number of aliphatic hydroxyl groups is 1. The van der Waals surface area contributed by atoms with Gasteiger partial charge in [-0.25, -0.2) is 13.9 Å². The van der Waals surface area contributed by atoms with Crippen molar-refractivity contribution in [3.05, 3.63) is 41.4 Å². The lowest BCUT2D eigenvalue weighted by atomic mass is 9.96. The lowest BCUT2D eigenvalue weighted by molar-refractivity contribution is -0.149. The summed E-state index contributed by atoms with van der Waals surface area (Å²) < 4.78 is 16.3. The van der Waals surface area contributed by atoms with Crippen LogP contribution in [0.4, 0.5) is 15.9 Å². The van der Waals surface area contributed by atoms with Crippen molar-refractivity contribution in [1.29, 1.82) is 0 Å². The molecule has 0 bridgehead atoms. The van der Waals surface area contributed by atoms with Crippen LogP contribution in [0.3, 0.4) is 0 Å². The van der Waals surface area contributed by atoms with E-state index in [2.05, 4.69) is 10.1 Å². The number of aliphatic hydroxyl groups excluding tert-OH is 1. The number of carbonyl (C=O) groups is 2. The Labute approximate surface area is 181 Å². The Morgan fingerprint density at radius 1 is 1.32 bits per heavy atom. The number of benzene rings is 1. The summed E-state index contributed by atoms with van der Waals surface area (Å²) in [5.74, 6) is -1.40. The highest BCUT2D eigenvalue weighted by atomic mass is 35.5. The normalized spacial score (nSPS) is 16.2. The van der Waals surface area contributed by atoms with Crippen molar-refractivity contribution in [3.63, 3.8) is 0 Å². The van der Waals surface area contributed by atoms with Gasteiger partial charge in [0.25, 0.3) is 5.91 Å². The summed E-state index contributed by atoms with van der Waals surface area (Å²) >= 11 is 6.30. The van der Waals surface area contributed by atoms with E-state index in [1.807, 2.05) is 0 Å². The van der Waals surface area contributed by atoms with Crippen LogP contribution in [0.15, 0.2) is 30.6 Å². The highest BCUT2D eigenvalue weighted by molar-refractivity contribution is 6.35. The molecule has 31 heavy (non-hydrogen) atoms. The van der Waals surface area contributed by atoms with Gasteiger partial charge in [0.05, 0.1) is 16.4 Å². The highest BCUT2D eigenvalue weighted by Crippen LogP contribution is 2.35. The molecule has 0 unspecified atom stereocenters. The fourth-order valence-corrected chi connectivity index (χ4v) is 4.17. The molecular weight excluding hydrogens is 427 g/mol.